The number of ether oxygens (including phenoxy) is 1. The third kappa shape index (κ3) is 5.47. The Morgan fingerprint density at radius 1 is 1.10 bits per heavy atom. The molecule has 0 radical (unpaired) electrons. The molecule has 160 valence electrons. The Hall–Kier alpha value is -3.25. The smallest absolute Gasteiger partial charge is 0.246 e. The first kappa shape index (κ1) is 21.0. The molecular weight excluding hydrogens is 388 g/mol. The first-order chi connectivity index (χ1) is 15.2. The SMILES string of the molecule is CCCOc1nc2ccccc2cc1/C=C/C(=O)N1CCN(Cc2ccccn2)CC1. The fourth-order valence-electron chi connectivity index (χ4n) is 3.66. The van der Waals surface area contributed by atoms with Crippen LogP contribution >= 0.6 is 0 Å². The standard InChI is InChI=1S/C25H28N4O2/c1-2-17-31-25-21(18-20-7-3-4-9-23(20)27-25)10-11-24(30)29-15-13-28(14-16-29)19-22-8-5-6-12-26-22/h3-12,18H,2,13-17,19H2,1H3/b11-10+. The van der Waals surface area contributed by atoms with E-state index in [4.69, 9.17) is 4.74 Å². The zero-order valence-corrected chi connectivity index (χ0v) is 17.9. The molecule has 1 amide bonds. The van der Waals surface area contributed by atoms with Gasteiger partial charge in [0, 0.05) is 55.9 Å². The van der Waals surface area contributed by atoms with Crippen LogP contribution in [0.5, 0.6) is 5.88 Å². The van der Waals surface area contributed by atoms with E-state index in [1.54, 1.807) is 6.08 Å². The lowest BCUT2D eigenvalue weighted by molar-refractivity contribution is -0.127. The van der Waals surface area contributed by atoms with Crippen LogP contribution in [0.15, 0.2) is 60.8 Å². The molecule has 0 spiro atoms. The normalized spacial score (nSPS) is 14.9. The molecule has 1 aliphatic rings. The Bertz CT molecular complexity index is 1040. The van der Waals surface area contributed by atoms with E-state index < -0.39 is 0 Å². The molecule has 0 atom stereocenters. The molecular formula is C25H28N4O2. The quantitative estimate of drug-likeness (QED) is 0.549. The number of hydrogen-bond acceptors (Lipinski definition) is 5. The van der Waals surface area contributed by atoms with E-state index >= 15 is 0 Å². The van der Waals surface area contributed by atoms with Gasteiger partial charge < -0.3 is 9.64 Å². The summed E-state index contributed by atoms with van der Waals surface area (Å²) in [4.78, 5) is 26.0. The van der Waals surface area contributed by atoms with Crippen molar-refractivity contribution in [2.24, 2.45) is 0 Å². The average molecular weight is 417 g/mol. The second-order valence-electron chi connectivity index (χ2n) is 7.68. The molecule has 6 nitrogen and oxygen atoms in total. The molecule has 31 heavy (non-hydrogen) atoms. The van der Waals surface area contributed by atoms with Crippen molar-refractivity contribution in [2.75, 3.05) is 32.8 Å². The van der Waals surface area contributed by atoms with Crippen LogP contribution in [0, 0.1) is 0 Å². The highest BCUT2D eigenvalue weighted by atomic mass is 16.5. The number of pyridine rings is 2. The topological polar surface area (TPSA) is 58.6 Å². The summed E-state index contributed by atoms with van der Waals surface area (Å²) >= 11 is 0. The minimum Gasteiger partial charge on any atom is -0.477 e. The van der Waals surface area contributed by atoms with Crippen molar-refractivity contribution < 1.29 is 9.53 Å². The number of para-hydroxylation sites is 1. The number of carbonyl (C=O) groups is 1. The number of aromatic nitrogens is 2. The Morgan fingerprint density at radius 2 is 1.90 bits per heavy atom. The molecule has 4 rings (SSSR count). The summed E-state index contributed by atoms with van der Waals surface area (Å²) < 4.78 is 5.84. The summed E-state index contributed by atoms with van der Waals surface area (Å²) in [5.74, 6) is 0.594. The van der Waals surface area contributed by atoms with E-state index in [1.807, 2.05) is 65.7 Å². The molecule has 6 heteroatoms. The van der Waals surface area contributed by atoms with E-state index in [0.717, 1.165) is 48.2 Å². The highest BCUT2D eigenvalue weighted by molar-refractivity contribution is 5.93. The van der Waals surface area contributed by atoms with E-state index in [1.165, 1.54) is 0 Å². The molecule has 1 saturated heterocycles. The van der Waals surface area contributed by atoms with Crippen LogP contribution in [0.25, 0.3) is 17.0 Å². The molecule has 1 aliphatic heterocycles. The van der Waals surface area contributed by atoms with Crippen molar-refractivity contribution in [3.63, 3.8) is 0 Å². The molecule has 1 fully saturated rings. The van der Waals surface area contributed by atoms with Crippen molar-refractivity contribution in [2.45, 2.75) is 19.9 Å². The third-order valence-electron chi connectivity index (χ3n) is 5.36. The molecule has 0 N–H and O–H groups in total. The Morgan fingerprint density at radius 3 is 2.68 bits per heavy atom. The zero-order valence-electron chi connectivity index (χ0n) is 17.9. The highest BCUT2D eigenvalue weighted by Gasteiger charge is 2.20. The van der Waals surface area contributed by atoms with Gasteiger partial charge in [0.05, 0.1) is 17.8 Å². The van der Waals surface area contributed by atoms with Gasteiger partial charge in [0.2, 0.25) is 11.8 Å². The zero-order chi connectivity index (χ0) is 21.5. The number of nitrogens with zero attached hydrogens (tertiary/aromatic N) is 4. The first-order valence-corrected chi connectivity index (χ1v) is 10.8. The lowest BCUT2D eigenvalue weighted by Crippen LogP contribution is -2.47. The van der Waals surface area contributed by atoms with E-state index in [9.17, 15) is 4.79 Å². The largest absolute Gasteiger partial charge is 0.477 e. The minimum atomic E-state index is 0.0205. The summed E-state index contributed by atoms with van der Waals surface area (Å²) in [6, 6.07) is 15.9. The summed E-state index contributed by atoms with van der Waals surface area (Å²) in [6.07, 6.45) is 6.19. The van der Waals surface area contributed by atoms with Crippen LogP contribution in [0.4, 0.5) is 0 Å². The molecule has 0 unspecified atom stereocenters. The van der Waals surface area contributed by atoms with Crippen molar-refractivity contribution in [1.29, 1.82) is 0 Å². The van der Waals surface area contributed by atoms with Crippen LogP contribution in [0.1, 0.15) is 24.6 Å². The fraction of sp³-hybridized carbons (Fsp3) is 0.320. The third-order valence-corrected chi connectivity index (χ3v) is 5.36. The van der Waals surface area contributed by atoms with Crippen molar-refractivity contribution in [3.05, 3.63) is 72.1 Å². The van der Waals surface area contributed by atoms with Crippen molar-refractivity contribution in [3.8, 4) is 5.88 Å². The van der Waals surface area contributed by atoms with E-state index in [0.29, 0.717) is 25.6 Å². The van der Waals surface area contributed by atoms with Gasteiger partial charge in [0.25, 0.3) is 0 Å². The van der Waals surface area contributed by atoms with E-state index in [-0.39, 0.29) is 5.91 Å². The molecule has 1 aromatic carbocycles. The number of piperazine rings is 1. The fourth-order valence-corrected chi connectivity index (χ4v) is 3.66. The van der Waals surface area contributed by atoms with Gasteiger partial charge in [-0.3, -0.25) is 14.7 Å². The summed E-state index contributed by atoms with van der Waals surface area (Å²) in [7, 11) is 0. The summed E-state index contributed by atoms with van der Waals surface area (Å²) in [5.41, 5.74) is 2.78. The lowest BCUT2D eigenvalue weighted by Gasteiger charge is -2.34. The van der Waals surface area contributed by atoms with Gasteiger partial charge >= 0.3 is 0 Å². The van der Waals surface area contributed by atoms with Crippen molar-refractivity contribution in [1.82, 2.24) is 19.8 Å². The second kappa shape index (κ2) is 10.2. The summed E-state index contributed by atoms with van der Waals surface area (Å²) in [5, 5.41) is 1.03. The van der Waals surface area contributed by atoms with E-state index in [2.05, 4.69) is 21.8 Å². The molecule has 0 aliphatic carbocycles. The molecule has 2 aromatic heterocycles. The molecule has 0 bridgehead atoms. The van der Waals surface area contributed by atoms with Gasteiger partial charge in [-0.05, 0) is 36.8 Å². The minimum absolute atomic E-state index is 0.0205. The molecule has 3 aromatic rings. The van der Waals surface area contributed by atoms with Gasteiger partial charge in [-0.1, -0.05) is 31.2 Å². The molecule has 0 saturated carbocycles. The number of rotatable bonds is 7. The second-order valence-corrected chi connectivity index (χ2v) is 7.68. The van der Waals surface area contributed by atoms with Gasteiger partial charge in [-0.25, -0.2) is 4.98 Å². The maximum Gasteiger partial charge on any atom is 0.246 e. The Kier molecular flexibility index (Phi) is 6.89. The average Bonchev–Trinajstić information content (AvgIpc) is 2.82. The number of amides is 1. The van der Waals surface area contributed by atoms with Gasteiger partial charge in [-0.15, -0.1) is 0 Å². The first-order valence-electron chi connectivity index (χ1n) is 10.8. The van der Waals surface area contributed by atoms with Crippen LogP contribution < -0.4 is 4.74 Å². The number of fused-ring (bicyclic) bond motifs is 1. The molecule has 3 heterocycles. The Labute approximate surface area is 183 Å². The maximum absolute atomic E-state index is 12.8. The predicted molar refractivity (Wildman–Crippen MR) is 123 cm³/mol. The predicted octanol–water partition coefficient (Wildman–Crippen LogP) is 3.78. The number of benzene rings is 1. The van der Waals surface area contributed by atoms with Gasteiger partial charge in [-0.2, -0.15) is 0 Å². The maximum atomic E-state index is 12.8. The highest BCUT2D eigenvalue weighted by Crippen LogP contribution is 2.24. The number of carbonyl (C=O) groups excluding carboxylic acids is 1. The monoisotopic (exact) mass is 416 g/mol. The van der Waals surface area contributed by atoms with Gasteiger partial charge in [0.1, 0.15) is 0 Å². The van der Waals surface area contributed by atoms with Gasteiger partial charge in [0.15, 0.2) is 0 Å². The van der Waals surface area contributed by atoms with Crippen LogP contribution in [-0.2, 0) is 11.3 Å². The van der Waals surface area contributed by atoms with Crippen LogP contribution in [0.2, 0.25) is 0 Å². The Balaban J connectivity index is 1.40. The summed E-state index contributed by atoms with van der Waals surface area (Å²) in [6.45, 7) is 6.60. The number of hydrogen-bond donors (Lipinski definition) is 0. The van der Waals surface area contributed by atoms with Crippen molar-refractivity contribution >= 4 is 22.9 Å². The lowest BCUT2D eigenvalue weighted by atomic mass is 10.1. The van der Waals surface area contributed by atoms with Crippen LogP contribution in [0.3, 0.4) is 0 Å². The van der Waals surface area contributed by atoms with Crippen LogP contribution in [-0.4, -0.2) is 58.5 Å².